The Labute approximate surface area is 211 Å². The minimum Gasteiger partial charge on any atom is -0.507 e. The second-order valence-electron chi connectivity index (χ2n) is 8.80. The highest BCUT2D eigenvalue weighted by atomic mass is 32.1. The van der Waals surface area contributed by atoms with Gasteiger partial charge in [0.2, 0.25) is 6.79 Å². The molecule has 1 aromatic heterocycles. The maximum atomic E-state index is 13.5. The van der Waals surface area contributed by atoms with Gasteiger partial charge in [-0.05, 0) is 54.8 Å². The van der Waals surface area contributed by atoms with Crippen molar-refractivity contribution in [2.24, 2.45) is 0 Å². The monoisotopic (exact) mass is 498 g/mol. The predicted octanol–water partition coefficient (Wildman–Crippen LogP) is 5.52. The number of hydrogen-bond donors (Lipinski definition) is 1. The molecule has 0 bridgehead atoms. The van der Waals surface area contributed by atoms with Gasteiger partial charge in [-0.3, -0.25) is 14.5 Å². The van der Waals surface area contributed by atoms with Crippen LogP contribution in [0.3, 0.4) is 0 Å². The van der Waals surface area contributed by atoms with Gasteiger partial charge in [-0.25, -0.2) is 4.98 Å². The third-order valence-corrected chi connectivity index (χ3v) is 7.52. The van der Waals surface area contributed by atoms with E-state index in [2.05, 4.69) is 13.0 Å². The Morgan fingerprint density at radius 2 is 1.92 bits per heavy atom. The van der Waals surface area contributed by atoms with Gasteiger partial charge in [0.25, 0.3) is 5.78 Å². The van der Waals surface area contributed by atoms with Crippen LogP contribution in [0.25, 0.3) is 16.0 Å². The van der Waals surface area contributed by atoms with Crippen LogP contribution in [0.5, 0.6) is 11.5 Å². The zero-order chi connectivity index (χ0) is 25.0. The molecule has 1 saturated heterocycles. The molecule has 0 radical (unpaired) electrons. The first-order chi connectivity index (χ1) is 17.4. The van der Waals surface area contributed by atoms with Crippen molar-refractivity contribution in [3.8, 4) is 11.5 Å². The van der Waals surface area contributed by atoms with Crippen LogP contribution in [0.4, 0.5) is 5.13 Å². The molecule has 2 aliphatic rings. The number of carbonyl (C=O) groups excluding carboxylic acids is 2. The third-order valence-electron chi connectivity index (χ3n) is 6.50. The number of Topliss-reactive ketones (excluding diaryl/α,β-unsaturated/α-hetero) is 1. The maximum absolute atomic E-state index is 13.5. The van der Waals surface area contributed by atoms with Crippen LogP contribution in [0.1, 0.15) is 35.2 Å². The summed E-state index contributed by atoms with van der Waals surface area (Å²) in [6.07, 6.45) is 0.881. The molecule has 1 atom stereocenters. The number of fused-ring (bicyclic) bond motifs is 2. The van der Waals surface area contributed by atoms with Gasteiger partial charge in [0.15, 0.2) is 16.6 Å². The lowest BCUT2D eigenvalue weighted by molar-refractivity contribution is -0.132. The first-order valence-electron chi connectivity index (χ1n) is 11.6. The molecule has 1 N–H and O–H groups in total. The van der Waals surface area contributed by atoms with Gasteiger partial charge in [-0.2, -0.15) is 0 Å². The molecule has 1 unspecified atom stereocenters. The summed E-state index contributed by atoms with van der Waals surface area (Å²) in [5.41, 5.74) is 3.98. The van der Waals surface area contributed by atoms with E-state index in [1.54, 1.807) is 18.2 Å². The molecule has 4 aromatic rings. The number of anilines is 1. The lowest BCUT2D eigenvalue weighted by Gasteiger charge is -2.23. The normalized spacial score (nSPS) is 18.4. The van der Waals surface area contributed by atoms with E-state index < -0.39 is 17.7 Å². The summed E-state index contributed by atoms with van der Waals surface area (Å²) in [7, 11) is 0. The van der Waals surface area contributed by atoms with Gasteiger partial charge < -0.3 is 14.6 Å². The van der Waals surface area contributed by atoms with Crippen molar-refractivity contribution in [3.05, 3.63) is 88.5 Å². The van der Waals surface area contributed by atoms with Crippen molar-refractivity contribution < 1.29 is 24.2 Å². The number of amides is 1. The molecule has 1 amide bonds. The number of aliphatic hydroxyl groups is 1. The Hall–Kier alpha value is -4.17. The number of aromatic nitrogens is 1. The van der Waals surface area contributed by atoms with E-state index in [1.165, 1.54) is 16.2 Å². The molecule has 1 fully saturated rings. The molecule has 0 saturated carbocycles. The summed E-state index contributed by atoms with van der Waals surface area (Å²) in [5.74, 6) is -0.722. The first-order valence-corrected chi connectivity index (χ1v) is 12.4. The molecular formula is C28H22N2O5S. The van der Waals surface area contributed by atoms with E-state index >= 15 is 0 Å². The number of thiazole rings is 1. The van der Waals surface area contributed by atoms with Crippen LogP contribution < -0.4 is 14.4 Å². The highest BCUT2D eigenvalue weighted by Crippen LogP contribution is 2.45. The highest BCUT2D eigenvalue weighted by molar-refractivity contribution is 7.22. The van der Waals surface area contributed by atoms with Crippen molar-refractivity contribution in [1.29, 1.82) is 0 Å². The fourth-order valence-corrected chi connectivity index (χ4v) is 5.72. The summed E-state index contributed by atoms with van der Waals surface area (Å²) < 4.78 is 11.7. The Bertz CT molecular complexity index is 1590. The minimum atomic E-state index is -0.832. The van der Waals surface area contributed by atoms with Crippen molar-refractivity contribution in [3.63, 3.8) is 0 Å². The molecule has 0 spiro atoms. The number of aliphatic hydroxyl groups excluding tert-OH is 1. The number of rotatable bonds is 4. The predicted molar refractivity (Wildman–Crippen MR) is 138 cm³/mol. The summed E-state index contributed by atoms with van der Waals surface area (Å²) >= 11 is 1.36. The van der Waals surface area contributed by atoms with Crippen molar-refractivity contribution in [2.75, 3.05) is 11.7 Å². The second-order valence-corrected chi connectivity index (χ2v) is 9.81. The van der Waals surface area contributed by atoms with Gasteiger partial charge in [-0.1, -0.05) is 54.2 Å². The molecule has 3 aromatic carbocycles. The Balaban J connectivity index is 1.54. The second kappa shape index (κ2) is 8.49. The van der Waals surface area contributed by atoms with Crippen LogP contribution in [0.2, 0.25) is 0 Å². The quantitative estimate of drug-likeness (QED) is 0.226. The number of benzene rings is 3. The summed E-state index contributed by atoms with van der Waals surface area (Å²) in [6.45, 7) is 4.11. The molecule has 7 nitrogen and oxygen atoms in total. The molecule has 36 heavy (non-hydrogen) atoms. The molecule has 3 heterocycles. The Morgan fingerprint density at radius 3 is 2.72 bits per heavy atom. The number of aryl methyl sites for hydroxylation is 2. The van der Waals surface area contributed by atoms with Crippen LogP contribution in [-0.2, 0) is 16.0 Å². The van der Waals surface area contributed by atoms with Crippen LogP contribution >= 0.6 is 11.3 Å². The van der Waals surface area contributed by atoms with E-state index in [1.807, 2.05) is 43.3 Å². The standard InChI is InChI=1S/C28H22N2O5S/c1-3-16-7-9-19-22(12-16)36-28(29-19)30-24(17-6-4-5-15(2)11-17)23(26(32)27(30)33)25(31)18-8-10-20-21(13-18)35-14-34-20/h4-13,24,31H,3,14H2,1-2H3/b25-23+. The van der Waals surface area contributed by atoms with E-state index in [4.69, 9.17) is 14.5 Å². The average molecular weight is 499 g/mol. The van der Waals surface area contributed by atoms with Gasteiger partial charge >= 0.3 is 5.91 Å². The lowest BCUT2D eigenvalue weighted by Crippen LogP contribution is -2.29. The smallest absolute Gasteiger partial charge is 0.301 e. The van der Waals surface area contributed by atoms with E-state index in [0.29, 0.717) is 27.8 Å². The molecular weight excluding hydrogens is 476 g/mol. The van der Waals surface area contributed by atoms with Gasteiger partial charge in [0.1, 0.15) is 5.76 Å². The number of hydrogen-bond acceptors (Lipinski definition) is 7. The number of ether oxygens (including phenoxy) is 2. The highest BCUT2D eigenvalue weighted by Gasteiger charge is 2.48. The summed E-state index contributed by atoms with van der Waals surface area (Å²) in [5, 5.41) is 11.8. The van der Waals surface area contributed by atoms with Crippen molar-refractivity contribution in [2.45, 2.75) is 26.3 Å². The van der Waals surface area contributed by atoms with Gasteiger partial charge in [0, 0.05) is 5.56 Å². The fourth-order valence-electron chi connectivity index (χ4n) is 4.66. The van der Waals surface area contributed by atoms with Gasteiger partial charge in [-0.15, -0.1) is 0 Å². The largest absolute Gasteiger partial charge is 0.507 e. The topological polar surface area (TPSA) is 89.0 Å². The lowest BCUT2D eigenvalue weighted by atomic mass is 9.94. The van der Waals surface area contributed by atoms with Crippen LogP contribution in [0.15, 0.2) is 66.2 Å². The summed E-state index contributed by atoms with van der Waals surface area (Å²) in [6, 6.07) is 17.7. The fraction of sp³-hybridized carbons (Fsp3) is 0.179. The molecule has 0 aliphatic carbocycles. The van der Waals surface area contributed by atoms with Crippen LogP contribution in [-0.4, -0.2) is 28.6 Å². The molecule has 8 heteroatoms. The SMILES string of the molecule is CCc1ccc2nc(N3C(=O)C(=O)/C(=C(/O)c4ccc5c(c4)OCO5)C3c3cccc(C)c3)sc2c1. The van der Waals surface area contributed by atoms with Crippen molar-refractivity contribution >= 4 is 44.1 Å². The molecule has 2 aliphatic heterocycles. The average Bonchev–Trinajstić information content (AvgIpc) is 3.59. The van der Waals surface area contributed by atoms with E-state index in [-0.39, 0.29) is 18.1 Å². The number of carbonyl (C=O) groups is 2. The number of nitrogens with zero attached hydrogens (tertiary/aromatic N) is 2. The zero-order valence-electron chi connectivity index (χ0n) is 19.6. The molecule has 6 rings (SSSR count). The zero-order valence-corrected chi connectivity index (χ0v) is 20.5. The Kier molecular flexibility index (Phi) is 5.26. The van der Waals surface area contributed by atoms with Crippen molar-refractivity contribution in [1.82, 2.24) is 4.98 Å². The van der Waals surface area contributed by atoms with E-state index in [0.717, 1.165) is 27.8 Å². The Morgan fingerprint density at radius 1 is 1.08 bits per heavy atom. The maximum Gasteiger partial charge on any atom is 0.301 e. The summed E-state index contributed by atoms with van der Waals surface area (Å²) in [4.78, 5) is 33.0. The van der Waals surface area contributed by atoms with E-state index in [9.17, 15) is 14.7 Å². The van der Waals surface area contributed by atoms with Gasteiger partial charge in [0.05, 0.1) is 21.8 Å². The molecule has 180 valence electrons. The number of ketones is 1. The minimum absolute atomic E-state index is 0.0120. The first kappa shape index (κ1) is 22.3. The van der Waals surface area contributed by atoms with Crippen LogP contribution in [0, 0.1) is 6.92 Å². The third kappa shape index (κ3) is 3.53.